The number of hydrogen-bond acceptors (Lipinski definition) is 4. The minimum Gasteiger partial charge on any atom is -0.393 e. The van der Waals surface area contributed by atoms with Gasteiger partial charge in [-0.05, 0) is 13.3 Å². The third-order valence-electron chi connectivity index (χ3n) is 2.12. The number of nitrogens with one attached hydrogen (secondary N) is 1. The van der Waals surface area contributed by atoms with Gasteiger partial charge in [0.1, 0.15) is 5.69 Å². The van der Waals surface area contributed by atoms with E-state index in [1.807, 2.05) is 0 Å². The lowest BCUT2D eigenvalue weighted by atomic mass is 10.2. The monoisotopic (exact) mass is 225 g/mol. The Labute approximate surface area is 92.9 Å². The summed E-state index contributed by atoms with van der Waals surface area (Å²) in [6.07, 6.45) is 2.41. The third kappa shape index (κ3) is 3.47. The molecule has 0 saturated carbocycles. The molecule has 88 valence electrons. The number of rotatable bonds is 4. The van der Waals surface area contributed by atoms with Gasteiger partial charge in [0.2, 0.25) is 0 Å². The van der Waals surface area contributed by atoms with Crippen LogP contribution in [0.1, 0.15) is 23.8 Å². The maximum atomic E-state index is 11.7. The van der Waals surface area contributed by atoms with Crippen molar-refractivity contribution in [2.75, 3.05) is 13.6 Å². The number of aliphatic hydroxyl groups excluding tert-OH is 1. The second kappa shape index (κ2) is 5.41. The molecule has 0 aliphatic carbocycles. The Hall–Kier alpha value is -1.69. The minimum atomic E-state index is -0.446. The molecule has 0 radical (unpaired) electrons. The fourth-order valence-electron chi connectivity index (χ4n) is 1.14. The lowest BCUT2D eigenvalue weighted by Crippen LogP contribution is -2.30. The van der Waals surface area contributed by atoms with Crippen LogP contribution in [0.15, 0.2) is 17.2 Å². The highest BCUT2D eigenvalue weighted by atomic mass is 16.3. The van der Waals surface area contributed by atoms with E-state index in [4.69, 9.17) is 5.11 Å². The number of nitrogens with zero attached hydrogens (tertiary/aromatic N) is 2. The van der Waals surface area contributed by atoms with Gasteiger partial charge in [-0.1, -0.05) is 0 Å². The molecule has 0 aromatic carbocycles. The van der Waals surface area contributed by atoms with Crippen molar-refractivity contribution in [3.8, 4) is 0 Å². The van der Waals surface area contributed by atoms with E-state index >= 15 is 0 Å². The highest BCUT2D eigenvalue weighted by Gasteiger charge is 2.13. The first kappa shape index (κ1) is 12.4. The first-order chi connectivity index (χ1) is 7.50. The fraction of sp³-hybridized carbons (Fsp3) is 0.500. The van der Waals surface area contributed by atoms with Gasteiger partial charge in [0.05, 0.1) is 12.3 Å². The molecular formula is C10H15N3O3. The Morgan fingerprint density at radius 3 is 2.88 bits per heavy atom. The molecule has 16 heavy (non-hydrogen) atoms. The Balaban J connectivity index is 2.63. The molecule has 2 N–H and O–H groups in total. The number of carbonyl (C=O) groups excluding carboxylic acids is 1. The van der Waals surface area contributed by atoms with Crippen LogP contribution in [-0.4, -0.2) is 45.6 Å². The van der Waals surface area contributed by atoms with Crippen molar-refractivity contribution in [2.24, 2.45) is 0 Å². The van der Waals surface area contributed by atoms with Crippen molar-refractivity contribution in [3.05, 3.63) is 28.4 Å². The summed E-state index contributed by atoms with van der Waals surface area (Å²) in [7, 11) is 1.62. The van der Waals surface area contributed by atoms with Gasteiger partial charge in [-0.15, -0.1) is 0 Å². The van der Waals surface area contributed by atoms with E-state index in [1.165, 1.54) is 11.1 Å². The summed E-state index contributed by atoms with van der Waals surface area (Å²) in [6, 6.07) is 0. The van der Waals surface area contributed by atoms with Gasteiger partial charge in [-0.25, -0.2) is 4.98 Å². The Morgan fingerprint density at radius 2 is 2.38 bits per heavy atom. The Kier molecular flexibility index (Phi) is 4.19. The van der Waals surface area contributed by atoms with Crippen LogP contribution in [0.25, 0.3) is 0 Å². The minimum absolute atomic E-state index is 0.188. The molecule has 6 heteroatoms. The third-order valence-corrected chi connectivity index (χ3v) is 2.12. The average Bonchev–Trinajstić information content (AvgIpc) is 2.26. The number of carbonyl (C=O) groups is 1. The van der Waals surface area contributed by atoms with Crippen LogP contribution in [0.5, 0.6) is 0 Å². The van der Waals surface area contributed by atoms with E-state index in [2.05, 4.69) is 9.97 Å². The van der Waals surface area contributed by atoms with Gasteiger partial charge in [-0.3, -0.25) is 9.59 Å². The summed E-state index contributed by atoms with van der Waals surface area (Å²) in [5, 5.41) is 9.09. The van der Waals surface area contributed by atoms with Crippen molar-refractivity contribution in [1.29, 1.82) is 0 Å². The molecule has 0 spiro atoms. The zero-order valence-corrected chi connectivity index (χ0v) is 9.30. The molecule has 0 bridgehead atoms. The SMILES string of the molecule is CC(O)CCN(C)C(=O)c1c[nH]c(=O)cn1. The van der Waals surface area contributed by atoms with Crippen molar-refractivity contribution in [1.82, 2.24) is 14.9 Å². The molecule has 0 fully saturated rings. The van der Waals surface area contributed by atoms with Crippen molar-refractivity contribution in [2.45, 2.75) is 19.4 Å². The largest absolute Gasteiger partial charge is 0.393 e. The number of aromatic nitrogens is 2. The summed E-state index contributed by atoms with van der Waals surface area (Å²) in [6.45, 7) is 2.11. The molecule has 1 rings (SSSR count). The van der Waals surface area contributed by atoms with Crippen LogP contribution in [0.4, 0.5) is 0 Å². The highest BCUT2D eigenvalue weighted by Crippen LogP contribution is 1.99. The Morgan fingerprint density at radius 1 is 1.69 bits per heavy atom. The van der Waals surface area contributed by atoms with Gasteiger partial charge in [0.15, 0.2) is 0 Å². The summed E-state index contributed by atoms with van der Waals surface area (Å²) in [4.78, 5) is 30.0. The molecule has 0 aliphatic rings. The van der Waals surface area contributed by atoms with Gasteiger partial charge < -0.3 is 15.0 Å². The van der Waals surface area contributed by atoms with E-state index < -0.39 is 6.10 Å². The molecule has 1 aromatic rings. The highest BCUT2D eigenvalue weighted by molar-refractivity contribution is 5.91. The van der Waals surface area contributed by atoms with Gasteiger partial charge >= 0.3 is 0 Å². The van der Waals surface area contributed by atoms with Crippen LogP contribution in [-0.2, 0) is 0 Å². The first-order valence-electron chi connectivity index (χ1n) is 4.99. The van der Waals surface area contributed by atoms with Crippen molar-refractivity contribution < 1.29 is 9.90 Å². The molecule has 6 nitrogen and oxygen atoms in total. The van der Waals surface area contributed by atoms with Crippen LogP contribution in [0, 0.1) is 0 Å². The standard InChI is InChI=1S/C10H15N3O3/c1-7(14)3-4-13(2)10(16)8-5-12-9(15)6-11-8/h5-7,14H,3-4H2,1-2H3,(H,12,15). The molecule has 1 heterocycles. The van der Waals surface area contributed by atoms with E-state index in [-0.39, 0.29) is 17.2 Å². The second-order valence-electron chi connectivity index (χ2n) is 3.66. The number of hydrogen-bond donors (Lipinski definition) is 2. The first-order valence-corrected chi connectivity index (χ1v) is 4.99. The number of amides is 1. The quantitative estimate of drug-likeness (QED) is 0.731. The van der Waals surface area contributed by atoms with Crippen LogP contribution < -0.4 is 5.56 Å². The number of aliphatic hydroxyl groups is 1. The molecule has 1 aromatic heterocycles. The average molecular weight is 225 g/mol. The zero-order chi connectivity index (χ0) is 12.1. The molecule has 1 amide bonds. The summed E-state index contributed by atoms with van der Waals surface area (Å²) in [5.74, 6) is -0.281. The van der Waals surface area contributed by atoms with Crippen molar-refractivity contribution in [3.63, 3.8) is 0 Å². The summed E-state index contributed by atoms with van der Waals surface area (Å²) in [5.41, 5.74) is -0.157. The van der Waals surface area contributed by atoms with Crippen molar-refractivity contribution >= 4 is 5.91 Å². The maximum absolute atomic E-state index is 11.7. The molecule has 1 unspecified atom stereocenters. The van der Waals surface area contributed by atoms with Gasteiger partial charge in [0, 0.05) is 19.8 Å². The molecule has 0 saturated heterocycles. The molecule has 1 atom stereocenters. The van der Waals surface area contributed by atoms with E-state index in [1.54, 1.807) is 14.0 Å². The number of aromatic amines is 1. The van der Waals surface area contributed by atoms with Gasteiger partial charge in [0.25, 0.3) is 11.5 Å². The summed E-state index contributed by atoms with van der Waals surface area (Å²) < 4.78 is 0. The van der Waals surface area contributed by atoms with Gasteiger partial charge in [-0.2, -0.15) is 0 Å². The van der Waals surface area contributed by atoms with E-state index in [0.29, 0.717) is 13.0 Å². The van der Waals surface area contributed by atoms with Crippen LogP contribution in [0.3, 0.4) is 0 Å². The lowest BCUT2D eigenvalue weighted by molar-refractivity contribution is 0.0762. The predicted octanol–water partition coefficient (Wildman–Crippen LogP) is -0.387. The molecular weight excluding hydrogens is 210 g/mol. The Bertz CT molecular complexity index is 394. The number of H-pyrrole nitrogens is 1. The van der Waals surface area contributed by atoms with E-state index in [9.17, 15) is 9.59 Å². The zero-order valence-electron chi connectivity index (χ0n) is 9.30. The van der Waals surface area contributed by atoms with Crippen LogP contribution >= 0.6 is 0 Å². The van der Waals surface area contributed by atoms with E-state index in [0.717, 1.165) is 6.20 Å². The summed E-state index contributed by atoms with van der Waals surface area (Å²) >= 11 is 0. The smallest absolute Gasteiger partial charge is 0.273 e. The lowest BCUT2D eigenvalue weighted by Gasteiger charge is -2.17. The second-order valence-corrected chi connectivity index (χ2v) is 3.66. The topological polar surface area (TPSA) is 86.3 Å². The predicted molar refractivity (Wildman–Crippen MR) is 58.1 cm³/mol. The van der Waals surface area contributed by atoms with Crippen LogP contribution in [0.2, 0.25) is 0 Å². The molecule has 0 aliphatic heterocycles. The fourth-order valence-corrected chi connectivity index (χ4v) is 1.14. The maximum Gasteiger partial charge on any atom is 0.273 e. The normalized spacial score (nSPS) is 12.2.